The van der Waals surface area contributed by atoms with Crippen molar-refractivity contribution in [2.75, 3.05) is 6.61 Å². The van der Waals surface area contributed by atoms with Gasteiger partial charge >= 0.3 is 12.1 Å². The lowest BCUT2D eigenvalue weighted by Gasteiger charge is -2.06. The van der Waals surface area contributed by atoms with E-state index in [4.69, 9.17) is 11.6 Å². The third kappa shape index (κ3) is 4.20. The minimum atomic E-state index is -4.58. The van der Waals surface area contributed by atoms with Crippen LogP contribution < -0.4 is 0 Å². The highest BCUT2D eigenvalue weighted by Crippen LogP contribution is 2.29. The minimum absolute atomic E-state index is 0.397. The summed E-state index contributed by atoms with van der Waals surface area (Å²) in [6.07, 6.45) is -0.613. The molecule has 0 fully saturated rings. The van der Waals surface area contributed by atoms with Crippen LogP contribution in [0.15, 0.2) is 48.7 Å². The van der Waals surface area contributed by atoms with Crippen LogP contribution in [0.25, 0.3) is 22.9 Å². The maximum Gasteiger partial charge on any atom is 0.422 e. The van der Waals surface area contributed by atoms with Crippen LogP contribution >= 0.6 is 11.6 Å². The van der Waals surface area contributed by atoms with Crippen molar-refractivity contribution in [1.29, 1.82) is 0 Å². The van der Waals surface area contributed by atoms with Crippen molar-refractivity contribution < 1.29 is 22.7 Å². The van der Waals surface area contributed by atoms with Gasteiger partial charge in [0.1, 0.15) is 5.69 Å². The summed E-state index contributed by atoms with van der Waals surface area (Å²) >= 11 is 5.99. The SMILES string of the molecule is O=C(/C=C/c1cc(Cl)ccc1-c1nnn2ccccc12)OCC(F)(F)F. The number of esters is 1. The number of aromatic nitrogens is 3. The lowest BCUT2D eigenvalue weighted by molar-refractivity contribution is -0.182. The molecule has 26 heavy (non-hydrogen) atoms. The molecule has 9 heteroatoms. The maximum atomic E-state index is 12.1. The van der Waals surface area contributed by atoms with Gasteiger partial charge in [0.2, 0.25) is 0 Å². The zero-order valence-electron chi connectivity index (χ0n) is 13.1. The van der Waals surface area contributed by atoms with Crippen molar-refractivity contribution in [3.63, 3.8) is 0 Å². The second-order valence-electron chi connectivity index (χ2n) is 5.26. The number of halogens is 4. The largest absolute Gasteiger partial charge is 0.453 e. The Labute approximate surface area is 150 Å². The molecule has 0 aliphatic heterocycles. The molecule has 1 aromatic carbocycles. The van der Waals surface area contributed by atoms with E-state index in [1.54, 1.807) is 35.0 Å². The number of pyridine rings is 1. The van der Waals surface area contributed by atoms with Crippen LogP contribution in [0.5, 0.6) is 0 Å². The quantitative estimate of drug-likeness (QED) is 0.503. The fourth-order valence-corrected chi connectivity index (χ4v) is 2.46. The molecule has 5 nitrogen and oxygen atoms in total. The van der Waals surface area contributed by atoms with Crippen LogP contribution in [0.3, 0.4) is 0 Å². The maximum absolute atomic E-state index is 12.1. The van der Waals surface area contributed by atoms with Gasteiger partial charge in [-0.1, -0.05) is 28.9 Å². The molecule has 0 atom stereocenters. The Bertz CT molecular complexity index is 983. The Morgan fingerprint density at radius 2 is 2.08 bits per heavy atom. The van der Waals surface area contributed by atoms with E-state index in [0.29, 0.717) is 21.8 Å². The molecule has 0 spiro atoms. The van der Waals surface area contributed by atoms with E-state index in [1.807, 2.05) is 12.1 Å². The zero-order valence-corrected chi connectivity index (χ0v) is 13.8. The second kappa shape index (κ2) is 7.17. The van der Waals surface area contributed by atoms with E-state index in [2.05, 4.69) is 15.0 Å². The number of hydrogen-bond acceptors (Lipinski definition) is 4. The van der Waals surface area contributed by atoms with Crippen molar-refractivity contribution in [3.05, 3.63) is 59.3 Å². The second-order valence-corrected chi connectivity index (χ2v) is 5.69. The molecule has 0 N–H and O–H groups in total. The van der Waals surface area contributed by atoms with Crippen LogP contribution in [-0.2, 0) is 9.53 Å². The molecule has 0 saturated carbocycles. The fourth-order valence-electron chi connectivity index (χ4n) is 2.28. The van der Waals surface area contributed by atoms with Gasteiger partial charge in [-0.05, 0) is 35.9 Å². The Morgan fingerprint density at radius 3 is 2.85 bits per heavy atom. The summed E-state index contributed by atoms with van der Waals surface area (Å²) in [5.74, 6) is -1.11. The van der Waals surface area contributed by atoms with Crippen molar-refractivity contribution in [3.8, 4) is 11.3 Å². The van der Waals surface area contributed by atoms with Gasteiger partial charge in [-0.25, -0.2) is 9.31 Å². The van der Waals surface area contributed by atoms with Gasteiger partial charge in [0, 0.05) is 22.9 Å². The molecule has 0 bridgehead atoms. The number of rotatable bonds is 4. The van der Waals surface area contributed by atoms with Gasteiger partial charge in [-0.3, -0.25) is 0 Å². The van der Waals surface area contributed by atoms with E-state index in [-0.39, 0.29) is 0 Å². The lowest BCUT2D eigenvalue weighted by atomic mass is 10.0. The Hall–Kier alpha value is -2.87. The third-order valence-corrected chi connectivity index (χ3v) is 3.60. The van der Waals surface area contributed by atoms with Crippen molar-refractivity contribution >= 4 is 29.2 Å². The summed E-state index contributed by atoms with van der Waals surface area (Å²) < 4.78 is 42.0. The summed E-state index contributed by atoms with van der Waals surface area (Å²) in [6.45, 7) is -1.64. The van der Waals surface area contributed by atoms with Crippen LogP contribution in [0.2, 0.25) is 5.02 Å². The number of fused-ring (bicyclic) bond motifs is 1. The first-order valence-corrected chi connectivity index (χ1v) is 7.73. The molecule has 134 valence electrons. The molecular weight excluding hydrogens is 371 g/mol. The molecule has 0 aliphatic rings. The van der Waals surface area contributed by atoms with Crippen molar-refractivity contribution in [1.82, 2.24) is 14.8 Å². The number of carbonyl (C=O) groups excluding carboxylic acids is 1. The highest BCUT2D eigenvalue weighted by Gasteiger charge is 2.29. The standard InChI is InChI=1S/C17H11ClF3N3O2/c18-12-5-6-13(16-14-3-1-2-8-24(14)23-22-16)11(9-12)4-7-15(25)26-10-17(19,20)21/h1-9H,10H2/b7-4+. The van der Waals surface area contributed by atoms with E-state index in [1.165, 1.54) is 6.08 Å². The van der Waals surface area contributed by atoms with Gasteiger partial charge < -0.3 is 4.74 Å². The van der Waals surface area contributed by atoms with E-state index in [0.717, 1.165) is 11.6 Å². The van der Waals surface area contributed by atoms with Gasteiger partial charge in [0.25, 0.3) is 0 Å². The van der Waals surface area contributed by atoms with Crippen molar-refractivity contribution in [2.45, 2.75) is 6.18 Å². The molecule has 3 rings (SSSR count). The van der Waals surface area contributed by atoms with E-state index < -0.39 is 18.8 Å². The highest BCUT2D eigenvalue weighted by molar-refractivity contribution is 6.30. The molecule has 0 unspecified atom stereocenters. The molecule has 0 radical (unpaired) electrons. The monoisotopic (exact) mass is 381 g/mol. The van der Waals surface area contributed by atoms with Gasteiger partial charge in [0.05, 0.1) is 5.52 Å². The topological polar surface area (TPSA) is 56.5 Å². The average molecular weight is 382 g/mol. The summed E-state index contributed by atoms with van der Waals surface area (Å²) in [6, 6.07) is 10.3. The number of carbonyl (C=O) groups is 1. The minimum Gasteiger partial charge on any atom is -0.453 e. The van der Waals surface area contributed by atoms with Crippen LogP contribution in [-0.4, -0.2) is 33.6 Å². The van der Waals surface area contributed by atoms with Crippen molar-refractivity contribution in [2.24, 2.45) is 0 Å². The van der Waals surface area contributed by atoms with E-state index in [9.17, 15) is 18.0 Å². The summed E-state index contributed by atoms with van der Waals surface area (Å²) in [5, 5.41) is 8.52. The summed E-state index contributed by atoms with van der Waals surface area (Å²) in [7, 11) is 0. The molecule has 0 aliphatic carbocycles. The molecule has 2 aromatic heterocycles. The van der Waals surface area contributed by atoms with Gasteiger partial charge in [-0.15, -0.1) is 5.10 Å². The zero-order chi connectivity index (χ0) is 18.7. The molecule has 0 saturated heterocycles. The van der Waals surface area contributed by atoms with Crippen LogP contribution in [0, 0.1) is 0 Å². The predicted molar refractivity (Wildman–Crippen MR) is 89.5 cm³/mol. The fraction of sp³-hybridized carbons (Fsp3) is 0.118. The number of nitrogens with zero attached hydrogens (tertiary/aromatic N) is 3. The first-order chi connectivity index (χ1) is 12.3. The van der Waals surface area contributed by atoms with Crippen LogP contribution in [0.1, 0.15) is 5.56 Å². The number of hydrogen-bond donors (Lipinski definition) is 0. The Balaban J connectivity index is 1.92. The number of ether oxygens (including phenoxy) is 1. The number of alkyl halides is 3. The lowest BCUT2D eigenvalue weighted by Crippen LogP contribution is -2.19. The third-order valence-electron chi connectivity index (χ3n) is 3.37. The van der Waals surface area contributed by atoms with E-state index >= 15 is 0 Å². The number of benzene rings is 1. The van der Waals surface area contributed by atoms with Gasteiger partial charge in [0.15, 0.2) is 6.61 Å². The smallest absolute Gasteiger partial charge is 0.422 e. The van der Waals surface area contributed by atoms with Crippen LogP contribution in [0.4, 0.5) is 13.2 Å². The Kier molecular flexibility index (Phi) is 4.94. The highest BCUT2D eigenvalue weighted by atomic mass is 35.5. The predicted octanol–water partition coefficient (Wildman–Crippen LogP) is 4.17. The normalized spacial score (nSPS) is 12.0. The molecule has 2 heterocycles. The average Bonchev–Trinajstić information content (AvgIpc) is 3.01. The Morgan fingerprint density at radius 1 is 1.27 bits per heavy atom. The summed E-state index contributed by atoms with van der Waals surface area (Å²) in [4.78, 5) is 11.5. The first kappa shape index (κ1) is 17.9. The van der Waals surface area contributed by atoms with Gasteiger partial charge in [-0.2, -0.15) is 13.2 Å². The molecule has 0 amide bonds. The summed E-state index contributed by atoms with van der Waals surface area (Å²) in [5.41, 5.74) is 2.39. The molecule has 3 aromatic rings. The molecular formula is C17H11ClF3N3O2. The first-order valence-electron chi connectivity index (χ1n) is 7.35.